The van der Waals surface area contributed by atoms with Gasteiger partial charge in [-0.25, -0.2) is 4.98 Å². The lowest BCUT2D eigenvalue weighted by Crippen LogP contribution is -2.30. The lowest BCUT2D eigenvalue weighted by atomic mass is 10.2. The maximum atomic E-state index is 12.5. The van der Waals surface area contributed by atoms with Crippen LogP contribution in [0.5, 0.6) is 0 Å². The van der Waals surface area contributed by atoms with Crippen molar-refractivity contribution >= 4 is 0 Å². The van der Waals surface area contributed by atoms with E-state index in [1.807, 2.05) is 21.0 Å². The van der Waals surface area contributed by atoms with Crippen molar-refractivity contribution < 1.29 is 8.78 Å². The fraction of sp³-hybridized carbons (Fsp3) is 0.727. The number of alkyl halides is 2. The molecule has 0 spiro atoms. The summed E-state index contributed by atoms with van der Waals surface area (Å²) in [6.45, 7) is 0.856. The molecule has 0 aliphatic carbocycles. The molecule has 0 saturated carbocycles. The SMILES string of the molecule is CC(CCN(C)C)NCc1nccn1C(F)F. The van der Waals surface area contributed by atoms with Crippen molar-refractivity contribution in [1.29, 1.82) is 0 Å². The van der Waals surface area contributed by atoms with Crippen LogP contribution < -0.4 is 5.32 Å². The molecule has 1 unspecified atom stereocenters. The van der Waals surface area contributed by atoms with Crippen LogP contribution in [0.25, 0.3) is 0 Å². The fourth-order valence-electron chi connectivity index (χ4n) is 1.48. The Labute approximate surface area is 101 Å². The van der Waals surface area contributed by atoms with Crippen molar-refractivity contribution in [2.24, 2.45) is 0 Å². The zero-order valence-electron chi connectivity index (χ0n) is 10.5. The third-order valence-electron chi connectivity index (χ3n) is 2.58. The quantitative estimate of drug-likeness (QED) is 0.795. The minimum absolute atomic E-state index is 0.278. The Morgan fingerprint density at radius 1 is 1.47 bits per heavy atom. The van der Waals surface area contributed by atoms with Crippen molar-refractivity contribution in [3.63, 3.8) is 0 Å². The number of rotatable bonds is 7. The molecule has 0 aliphatic rings. The number of hydrogen-bond acceptors (Lipinski definition) is 3. The lowest BCUT2D eigenvalue weighted by molar-refractivity contribution is 0.0664. The molecule has 1 aromatic heterocycles. The summed E-state index contributed by atoms with van der Waals surface area (Å²) >= 11 is 0. The van der Waals surface area contributed by atoms with E-state index in [9.17, 15) is 8.78 Å². The fourth-order valence-corrected chi connectivity index (χ4v) is 1.48. The van der Waals surface area contributed by atoms with Crippen molar-refractivity contribution in [3.05, 3.63) is 18.2 Å². The standard InChI is InChI=1S/C11H20F2N4/c1-9(4-6-16(2)3)15-8-10-14-5-7-17(10)11(12)13/h5,7,9,11,15H,4,6,8H2,1-3H3. The Morgan fingerprint density at radius 3 is 2.76 bits per heavy atom. The van der Waals surface area contributed by atoms with Crippen LogP contribution in [-0.4, -0.2) is 41.1 Å². The van der Waals surface area contributed by atoms with Crippen LogP contribution in [0.1, 0.15) is 25.7 Å². The van der Waals surface area contributed by atoms with Gasteiger partial charge in [0.2, 0.25) is 0 Å². The monoisotopic (exact) mass is 246 g/mol. The smallest absolute Gasteiger partial charge is 0.309 e. The first-order valence-corrected chi connectivity index (χ1v) is 5.68. The van der Waals surface area contributed by atoms with Crippen LogP contribution in [0.3, 0.4) is 0 Å². The molecule has 1 N–H and O–H groups in total. The summed E-state index contributed by atoms with van der Waals surface area (Å²) in [5, 5.41) is 3.19. The highest BCUT2D eigenvalue weighted by molar-refractivity contribution is 4.92. The highest BCUT2D eigenvalue weighted by Crippen LogP contribution is 2.12. The Morgan fingerprint density at radius 2 is 2.18 bits per heavy atom. The van der Waals surface area contributed by atoms with Crippen molar-refractivity contribution in [2.45, 2.75) is 32.5 Å². The summed E-state index contributed by atoms with van der Waals surface area (Å²) in [6.07, 6.45) is 3.67. The van der Waals surface area contributed by atoms with Gasteiger partial charge in [0.15, 0.2) is 0 Å². The number of halogens is 2. The van der Waals surface area contributed by atoms with Gasteiger partial charge in [-0.1, -0.05) is 0 Å². The molecule has 0 aromatic carbocycles. The molecule has 4 nitrogen and oxygen atoms in total. The third kappa shape index (κ3) is 4.79. The summed E-state index contributed by atoms with van der Waals surface area (Å²) < 4.78 is 25.9. The van der Waals surface area contributed by atoms with Gasteiger partial charge in [0.25, 0.3) is 0 Å². The van der Waals surface area contributed by atoms with Crippen LogP contribution >= 0.6 is 0 Å². The van der Waals surface area contributed by atoms with Crippen molar-refractivity contribution in [3.8, 4) is 0 Å². The molecule has 17 heavy (non-hydrogen) atoms. The normalized spacial score (nSPS) is 13.6. The van der Waals surface area contributed by atoms with Crippen LogP contribution in [-0.2, 0) is 6.54 Å². The second-order valence-corrected chi connectivity index (χ2v) is 4.40. The first kappa shape index (κ1) is 14.1. The topological polar surface area (TPSA) is 33.1 Å². The molecule has 0 radical (unpaired) electrons. The first-order chi connectivity index (χ1) is 8.00. The summed E-state index contributed by atoms with van der Waals surface area (Å²) in [7, 11) is 4.02. The highest BCUT2D eigenvalue weighted by atomic mass is 19.3. The highest BCUT2D eigenvalue weighted by Gasteiger charge is 2.11. The van der Waals surface area contributed by atoms with E-state index in [0.29, 0.717) is 12.4 Å². The predicted molar refractivity (Wildman–Crippen MR) is 63.0 cm³/mol. The number of imidazole rings is 1. The van der Waals surface area contributed by atoms with Gasteiger partial charge in [-0.05, 0) is 34.0 Å². The largest absolute Gasteiger partial charge is 0.319 e. The van der Waals surface area contributed by atoms with Gasteiger partial charge < -0.3 is 10.2 Å². The van der Waals surface area contributed by atoms with Gasteiger partial charge >= 0.3 is 6.55 Å². The molecule has 0 fully saturated rings. The van der Waals surface area contributed by atoms with Gasteiger partial charge in [-0.3, -0.25) is 4.57 Å². The number of aromatic nitrogens is 2. The molecule has 0 bridgehead atoms. The summed E-state index contributed by atoms with van der Waals surface area (Å²) in [4.78, 5) is 6.01. The lowest BCUT2D eigenvalue weighted by Gasteiger charge is -2.16. The van der Waals surface area contributed by atoms with Crippen LogP contribution in [0.4, 0.5) is 8.78 Å². The van der Waals surface area contributed by atoms with Crippen molar-refractivity contribution in [1.82, 2.24) is 19.8 Å². The minimum Gasteiger partial charge on any atom is -0.309 e. The second kappa shape index (κ2) is 6.66. The number of nitrogens with one attached hydrogen (secondary N) is 1. The molecule has 98 valence electrons. The number of nitrogens with zero attached hydrogens (tertiary/aromatic N) is 3. The Balaban J connectivity index is 2.36. The average Bonchev–Trinajstić information content (AvgIpc) is 2.71. The maximum Gasteiger partial charge on any atom is 0.319 e. The predicted octanol–water partition coefficient (Wildman–Crippen LogP) is 1.71. The molecule has 1 atom stereocenters. The van der Waals surface area contributed by atoms with Gasteiger partial charge in [0.1, 0.15) is 5.82 Å². The second-order valence-electron chi connectivity index (χ2n) is 4.40. The Hall–Kier alpha value is -1.01. The maximum absolute atomic E-state index is 12.5. The van der Waals surface area contributed by atoms with E-state index < -0.39 is 6.55 Å². The van der Waals surface area contributed by atoms with E-state index in [2.05, 4.69) is 15.2 Å². The minimum atomic E-state index is -2.52. The van der Waals surface area contributed by atoms with Gasteiger partial charge in [-0.15, -0.1) is 0 Å². The van der Waals surface area contributed by atoms with Gasteiger partial charge in [-0.2, -0.15) is 8.78 Å². The van der Waals surface area contributed by atoms with Crippen LogP contribution in [0.2, 0.25) is 0 Å². The molecular formula is C11H20F2N4. The molecule has 1 aromatic rings. The van der Waals surface area contributed by atoms with Gasteiger partial charge in [0, 0.05) is 18.4 Å². The Kier molecular flexibility index (Phi) is 5.50. The van der Waals surface area contributed by atoms with E-state index in [1.165, 1.54) is 12.4 Å². The van der Waals surface area contributed by atoms with E-state index in [1.54, 1.807) is 0 Å². The van der Waals surface area contributed by atoms with E-state index in [0.717, 1.165) is 17.5 Å². The average molecular weight is 246 g/mol. The summed E-state index contributed by atoms with van der Waals surface area (Å²) in [5.41, 5.74) is 0. The molecule has 0 amide bonds. The zero-order valence-corrected chi connectivity index (χ0v) is 10.5. The molecule has 1 rings (SSSR count). The molecule has 1 heterocycles. The zero-order chi connectivity index (χ0) is 12.8. The van der Waals surface area contributed by atoms with Gasteiger partial charge in [0.05, 0.1) is 6.54 Å². The first-order valence-electron chi connectivity index (χ1n) is 5.68. The summed E-state index contributed by atoms with van der Waals surface area (Å²) in [6, 6.07) is 0.278. The molecule has 6 heteroatoms. The van der Waals surface area contributed by atoms with E-state index in [4.69, 9.17) is 0 Å². The molecule has 0 aliphatic heterocycles. The summed E-state index contributed by atoms with van der Waals surface area (Å²) in [5.74, 6) is 0.372. The van der Waals surface area contributed by atoms with E-state index in [-0.39, 0.29) is 6.04 Å². The molecule has 0 saturated heterocycles. The Bertz CT molecular complexity index is 325. The van der Waals surface area contributed by atoms with Crippen LogP contribution in [0.15, 0.2) is 12.4 Å². The van der Waals surface area contributed by atoms with Crippen LogP contribution in [0, 0.1) is 0 Å². The van der Waals surface area contributed by atoms with Crippen molar-refractivity contribution in [2.75, 3.05) is 20.6 Å². The third-order valence-corrected chi connectivity index (χ3v) is 2.58. The molecular weight excluding hydrogens is 226 g/mol. The van der Waals surface area contributed by atoms with E-state index >= 15 is 0 Å². The number of hydrogen-bond donors (Lipinski definition) is 1.